The van der Waals surface area contributed by atoms with Gasteiger partial charge in [-0.2, -0.15) is 0 Å². The van der Waals surface area contributed by atoms with Crippen LogP contribution >= 0.6 is 11.6 Å². The molecule has 3 N–H and O–H groups in total. The van der Waals surface area contributed by atoms with Crippen molar-refractivity contribution in [3.05, 3.63) is 29.3 Å². The molecule has 2 heterocycles. The van der Waals surface area contributed by atoms with E-state index in [0.717, 1.165) is 4.90 Å². The molecule has 0 aromatic heterocycles. The second kappa shape index (κ2) is 11.6. The minimum atomic E-state index is -1.09. The van der Waals surface area contributed by atoms with Crippen LogP contribution in [0.15, 0.2) is 18.2 Å². The maximum absolute atomic E-state index is 13.0. The Morgan fingerprint density at radius 1 is 1.06 bits per heavy atom. The van der Waals surface area contributed by atoms with Gasteiger partial charge in [0.2, 0.25) is 17.7 Å². The fraction of sp³-hybridized carbons (Fsp3) is 0.429. The summed E-state index contributed by atoms with van der Waals surface area (Å²) in [6.45, 7) is 0.535. The van der Waals surface area contributed by atoms with Crippen LogP contribution in [0.1, 0.15) is 33.6 Å². The lowest BCUT2D eigenvalue weighted by Gasteiger charge is -2.27. The molecule has 1 aromatic carbocycles. The third-order valence-corrected chi connectivity index (χ3v) is 5.29. The molecule has 1 atom stereocenters. The lowest BCUT2D eigenvalue weighted by atomic mass is 10.0. The molecule has 13 heteroatoms. The van der Waals surface area contributed by atoms with E-state index in [0.29, 0.717) is 6.54 Å². The van der Waals surface area contributed by atoms with E-state index in [1.54, 1.807) is 0 Å². The lowest BCUT2D eigenvalue weighted by molar-refractivity contribution is -0.136. The molecule has 0 spiro atoms. The van der Waals surface area contributed by atoms with Gasteiger partial charge >= 0.3 is 0 Å². The topological polar surface area (TPSA) is 160 Å². The predicted molar refractivity (Wildman–Crippen MR) is 116 cm³/mol. The zero-order chi connectivity index (χ0) is 24.7. The van der Waals surface area contributed by atoms with Crippen LogP contribution in [0.2, 0.25) is 0 Å². The van der Waals surface area contributed by atoms with Gasteiger partial charge in [-0.15, -0.1) is 11.6 Å². The summed E-state index contributed by atoms with van der Waals surface area (Å²) in [6.07, 6.45) is 0.0506. The molecule has 12 nitrogen and oxygen atoms in total. The van der Waals surface area contributed by atoms with Crippen molar-refractivity contribution in [3.63, 3.8) is 0 Å². The summed E-state index contributed by atoms with van der Waals surface area (Å²) in [5.74, 6) is -3.43. The Bertz CT molecular complexity index is 1010. The van der Waals surface area contributed by atoms with Crippen molar-refractivity contribution >= 4 is 47.0 Å². The highest BCUT2D eigenvalue weighted by Crippen LogP contribution is 2.33. The number of imide groups is 2. The lowest BCUT2D eigenvalue weighted by Crippen LogP contribution is -2.54. The smallest absolute Gasteiger partial charge is 0.266 e. The van der Waals surface area contributed by atoms with Crippen LogP contribution in [-0.4, -0.2) is 85.2 Å². The number of carbonyl (C=O) groups excluding carboxylic acids is 6. The molecule has 2 aliphatic heterocycles. The first-order chi connectivity index (χ1) is 16.3. The first-order valence-electron chi connectivity index (χ1n) is 10.5. The maximum Gasteiger partial charge on any atom is 0.266 e. The molecule has 2 aliphatic rings. The van der Waals surface area contributed by atoms with Crippen LogP contribution in [0.4, 0.5) is 0 Å². The van der Waals surface area contributed by atoms with Gasteiger partial charge in [0, 0.05) is 19.5 Å². The standard InChI is InChI=1S/C21H23ClN4O8/c22-10-16(28)23-6-8-33-9-7-24-17(29)11-34-14-3-1-2-12-18(14)21(32)26(20(12)31)13-4-5-15(27)25-19(13)30/h1-3,13H,4-11H2,(H,23,28)(H,24,29)(H,25,27,30). The van der Waals surface area contributed by atoms with Gasteiger partial charge in [0.25, 0.3) is 17.7 Å². The SMILES string of the molecule is O=C(CCl)NCCOCCNC(=O)COc1cccc2c1C(=O)N(C1CCC(=O)NC1=O)C2=O. The van der Waals surface area contributed by atoms with Crippen molar-refractivity contribution in [1.29, 1.82) is 0 Å². The van der Waals surface area contributed by atoms with Gasteiger partial charge in [-0.1, -0.05) is 6.07 Å². The van der Waals surface area contributed by atoms with Crippen LogP contribution < -0.4 is 20.7 Å². The number of nitrogens with one attached hydrogen (secondary N) is 3. The number of alkyl halides is 1. The molecular formula is C21H23ClN4O8. The van der Waals surface area contributed by atoms with E-state index < -0.39 is 42.2 Å². The molecule has 6 amide bonds. The number of hydrogen-bond acceptors (Lipinski definition) is 8. The number of piperidine rings is 1. The maximum atomic E-state index is 13.0. The number of carbonyl (C=O) groups is 6. The second-order valence-corrected chi connectivity index (χ2v) is 7.63. The Kier molecular flexibility index (Phi) is 8.55. The zero-order valence-electron chi connectivity index (χ0n) is 18.1. The van der Waals surface area contributed by atoms with Gasteiger partial charge in [-0.3, -0.25) is 39.0 Å². The quantitative estimate of drug-likeness (QED) is 0.199. The van der Waals surface area contributed by atoms with Gasteiger partial charge in [0.15, 0.2) is 6.61 Å². The monoisotopic (exact) mass is 494 g/mol. The zero-order valence-corrected chi connectivity index (χ0v) is 18.8. The van der Waals surface area contributed by atoms with Gasteiger partial charge in [-0.25, -0.2) is 0 Å². The molecule has 0 radical (unpaired) electrons. The minimum absolute atomic E-state index is 0.0130. The van der Waals surface area contributed by atoms with E-state index in [2.05, 4.69) is 16.0 Å². The number of ether oxygens (including phenoxy) is 2. The number of benzene rings is 1. The fourth-order valence-corrected chi connectivity index (χ4v) is 3.57. The van der Waals surface area contributed by atoms with Gasteiger partial charge < -0.3 is 20.1 Å². The summed E-state index contributed by atoms with van der Waals surface area (Å²) in [4.78, 5) is 73.2. The summed E-state index contributed by atoms with van der Waals surface area (Å²) in [5, 5.41) is 7.24. The molecule has 1 aromatic rings. The average molecular weight is 495 g/mol. The summed E-state index contributed by atoms with van der Waals surface area (Å²) in [7, 11) is 0. The largest absolute Gasteiger partial charge is 0.483 e. The summed E-state index contributed by atoms with van der Waals surface area (Å²) in [6, 6.07) is 3.29. The van der Waals surface area contributed by atoms with Crippen LogP contribution in [0.5, 0.6) is 5.75 Å². The Morgan fingerprint density at radius 3 is 2.44 bits per heavy atom. The van der Waals surface area contributed by atoms with Crippen molar-refractivity contribution in [1.82, 2.24) is 20.9 Å². The van der Waals surface area contributed by atoms with E-state index in [1.807, 2.05) is 0 Å². The van der Waals surface area contributed by atoms with Crippen molar-refractivity contribution in [2.45, 2.75) is 18.9 Å². The number of fused-ring (bicyclic) bond motifs is 1. The number of halogens is 1. The molecule has 0 bridgehead atoms. The number of rotatable bonds is 11. The number of amides is 6. The van der Waals surface area contributed by atoms with Crippen molar-refractivity contribution in [2.24, 2.45) is 0 Å². The number of hydrogen-bond donors (Lipinski definition) is 3. The molecular weight excluding hydrogens is 472 g/mol. The minimum Gasteiger partial charge on any atom is -0.483 e. The molecule has 0 aliphatic carbocycles. The fourth-order valence-electron chi connectivity index (χ4n) is 3.47. The van der Waals surface area contributed by atoms with Crippen molar-refractivity contribution in [2.75, 3.05) is 38.8 Å². The summed E-state index contributed by atoms with van der Waals surface area (Å²) in [5.41, 5.74) is 0.0228. The first-order valence-corrected chi connectivity index (χ1v) is 11.0. The Labute approximate surface area is 199 Å². The highest BCUT2D eigenvalue weighted by Gasteiger charge is 2.46. The van der Waals surface area contributed by atoms with Crippen molar-refractivity contribution in [3.8, 4) is 5.75 Å². The Morgan fingerprint density at radius 2 is 1.76 bits per heavy atom. The summed E-state index contributed by atoms with van der Waals surface area (Å²) >= 11 is 5.35. The molecule has 3 rings (SSSR count). The van der Waals surface area contributed by atoms with E-state index in [9.17, 15) is 28.8 Å². The third kappa shape index (κ3) is 5.88. The average Bonchev–Trinajstić information content (AvgIpc) is 3.07. The first kappa shape index (κ1) is 25.1. The predicted octanol–water partition coefficient (Wildman–Crippen LogP) is -1.05. The molecule has 0 saturated carbocycles. The van der Waals surface area contributed by atoms with E-state index in [4.69, 9.17) is 21.1 Å². The van der Waals surface area contributed by atoms with Crippen LogP contribution in [0, 0.1) is 0 Å². The molecule has 182 valence electrons. The Balaban J connectivity index is 1.50. The van der Waals surface area contributed by atoms with E-state index in [1.165, 1.54) is 18.2 Å². The van der Waals surface area contributed by atoms with Crippen molar-refractivity contribution < 1.29 is 38.2 Å². The van der Waals surface area contributed by atoms with Gasteiger partial charge in [0.1, 0.15) is 17.7 Å². The summed E-state index contributed by atoms with van der Waals surface area (Å²) < 4.78 is 10.7. The van der Waals surface area contributed by atoms with Crippen LogP contribution in [-0.2, 0) is 23.9 Å². The normalized spacial score (nSPS) is 17.3. The highest BCUT2D eigenvalue weighted by atomic mass is 35.5. The molecule has 1 unspecified atom stereocenters. The van der Waals surface area contributed by atoms with E-state index in [-0.39, 0.29) is 61.3 Å². The third-order valence-electron chi connectivity index (χ3n) is 5.05. The van der Waals surface area contributed by atoms with Gasteiger partial charge in [0.05, 0.1) is 24.3 Å². The molecule has 1 saturated heterocycles. The molecule has 34 heavy (non-hydrogen) atoms. The molecule has 1 fully saturated rings. The second-order valence-electron chi connectivity index (χ2n) is 7.36. The van der Waals surface area contributed by atoms with Crippen LogP contribution in [0.25, 0.3) is 0 Å². The van der Waals surface area contributed by atoms with Gasteiger partial charge in [-0.05, 0) is 18.6 Å². The Hall–Kier alpha value is -3.51. The van der Waals surface area contributed by atoms with Crippen LogP contribution in [0.3, 0.4) is 0 Å². The highest BCUT2D eigenvalue weighted by molar-refractivity contribution is 6.27. The van der Waals surface area contributed by atoms with E-state index >= 15 is 0 Å². The number of nitrogens with zero attached hydrogens (tertiary/aromatic N) is 1.